The van der Waals surface area contributed by atoms with Crippen LogP contribution in [0.5, 0.6) is 0 Å². The van der Waals surface area contributed by atoms with Gasteiger partial charge in [-0.05, 0) is 30.7 Å². The fourth-order valence-electron chi connectivity index (χ4n) is 2.04. The van der Waals surface area contributed by atoms with E-state index >= 15 is 0 Å². The summed E-state index contributed by atoms with van der Waals surface area (Å²) in [6.45, 7) is 0. The maximum Gasteiger partial charge on any atom is 0.00448 e. The molecule has 0 aliphatic heterocycles. The smallest absolute Gasteiger partial charge is 0.00448 e. The third-order valence-electron chi connectivity index (χ3n) is 2.74. The van der Waals surface area contributed by atoms with Crippen molar-refractivity contribution in [2.45, 2.75) is 31.2 Å². The summed E-state index contributed by atoms with van der Waals surface area (Å²) in [6, 6.07) is 11.2. The van der Waals surface area contributed by atoms with E-state index in [9.17, 15) is 0 Å². The molecule has 2 atom stereocenters. The van der Waals surface area contributed by atoms with Crippen LogP contribution < -0.4 is 5.73 Å². The predicted octanol–water partition coefficient (Wildman–Crippen LogP) is 2.28. The first kappa shape index (κ1) is 7.81. The second kappa shape index (κ2) is 3.28. The van der Waals surface area contributed by atoms with Crippen molar-refractivity contribution >= 4 is 0 Å². The predicted molar refractivity (Wildman–Crippen MR) is 51.0 cm³/mol. The Kier molecular flexibility index (Phi) is 2.13. The van der Waals surface area contributed by atoms with Gasteiger partial charge in [-0.25, -0.2) is 0 Å². The summed E-state index contributed by atoms with van der Waals surface area (Å²) in [5, 5.41) is 0. The van der Waals surface area contributed by atoms with Gasteiger partial charge in [0.2, 0.25) is 0 Å². The van der Waals surface area contributed by atoms with Crippen LogP contribution in [0.3, 0.4) is 0 Å². The molecule has 1 aliphatic rings. The Labute approximate surface area is 73.6 Å². The lowest BCUT2D eigenvalue weighted by molar-refractivity contribution is 0.675. The average Bonchev–Trinajstić information content (AvgIpc) is 2.54. The van der Waals surface area contributed by atoms with Crippen molar-refractivity contribution in [1.29, 1.82) is 0 Å². The number of nitrogens with two attached hydrogens (primary N) is 1. The Morgan fingerprint density at radius 2 is 1.83 bits per heavy atom. The number of benzene rings is 1. The van der Waals surface area contributed by atoms with Gasteiger partial charge in [0.25, 0.3) is 0 Å². The third-order valence-corrected chi connectivity index (χ3v) is 2.74. The van der Waals surface area contributed by atoms with Gasteiger partial charge in [-0.1, -0.05) is 30.3 Å². The molecule has 1 aromatic rings. The molecule has 12 heavy (non-hydrogen) atoms. The Bertz CT molecular complexity index is 242. The highest BCUT2D eigenvalue weighted by Gasteiger charge is 2.22. The van der Waals surface area contributed by atoms with Gasteiger partial charge < -0.3 is 5.73 Å². The maximum absolute atomic E-state index is 5.86. The van der Waals surface area contributed by atoms with Crippen LogP contribution in [0.4, 0.5) is 0 Å². The molecule has 1 heteroatoms. The largest absolute Gasteiger partial charge is 0.328 e. The zero-order chi connectivity index (χ0) is 8.39. The zero-order valence-corrected chi connectivity index (χ0v) is 7.24. The minimum absolute atomic E-state index is 0.440. The number of rotatable bonds is 1. The average molecular weight is 161 g/mol. The minimum atomic E-state index is 0.440. The Balaban J connectivity index is 2.11. The summed E-state index contributed by atoms with van der Waals surface area (Å²) in [4.78, 5) is 0. The van der Waals surface area contributed by atoms with Crippen LogP contribution in [0.1, 0.15) is 30.7 Å². The van der Waals surface area contributed by atoms with Gasteiger partial charge >= 0.3 is 0 Å². The third kappa shape index (κ3) is 1.51. The van der Waals surface area contributed by atoms with Crippen molar-refractivity contribution in [3.63, 3.8) is 0 Å². The molecule has 0 amide bonds. The molecule has 1 saturated carbocycles. The quantitative estimate of drug-likeness (QED) is 0.672. The fraction of sp³-hybridized carbons (Fsp3) is 0.455. The van der Waals surface area contributed by atoms with Crippen molar-refractivity contribution in [2.24, 2.45) is 5.73 Å². The molecule has 64 valence electrons. The van der Waals surface area contributed by atoms with Crippen molar-refractivity contribution < 1.29 is 0 Å². The van der Waals surface area contributed by atoms with Gasteiger partial charge in [0, 0.05) is 6.04 Å². The van der Waals surface area contributed by atoms with Crippen molar-refractivity contribution in [3.05, 3.63) is 35.9 Å². The van der Waals surface area contributed by atoms with E-state index in [0.29, 0.717) is 6.04 Å². The van der Waals surface area contributed by atoms with Crippen molar-refractivity contribution in [3.8, 4) is 0 Å². The van der Waals surface area contributed by atoms with E-state index in [-0.39, 0.29) is 0 Å². The lowest BCUT2D eigenvalue weighted by Gasteiger charge is -2.08. The Morgan fingerprint density at radius 1 is 1.08 bits per heavy atom. The molecular formula is C11H15N. The highest BCUT2D eigenvalue weighted by Crippen LogP contribution is 2.32. The fourth-order valence-corrected chi connectivity index (χ4v) is 2.04. The van der Waals surface area contributed by atoms with E-state index in [4.69, 9.17) is 5.73 Å². The second-order valence-corrected chi connectivity index (χ2v) is 3.68. The van der Waals surface area contributed by atoms with Crippen LogP contribution >= 0.6 is 0 Å². The van der Waals surface area contributed by atoms with E-state index in [1.807, 2.05) is 0 Å². The van der Waals surface area contributed by atoms with E-state index in [1.165, 1.54) is 24.8 Å². The number of hydrogen-bond donors (Lipinski definition) is 1. The molecule has 0 aromatic heterocycles. The zero-order valence-electron chi connectivity index (χ0n) is 7.24. The van der Waals surface area contributed by atoms with Crippen LogP contribution in [-0.4, -0.2) is 6.04 Å². The van der Waals surface area contributed by atoms with E-state index < -0.39 is 0 Å². The Morgan fingerprint density at radius 3 is 2.42 bits per heavy atom. The summed E-state index contributed by atoms with van der Waals surface area (Å²) >= 11 is 0. The first-order valence-corrected chi connectivity index (χ1v) is 4.67. The van der Waals surface area contributed by atoms with Gasteiger partial charge in [0.15, 0.2) is 0 Å². The molecule has 2 rings (SSSR count). The molecule has 1 aliphatic carbocycles. The Hall–Kier alpha value is -0.820. The molecular weight excluding hydrogens is 146 g/mol. The first-order valence-electron chi connectivity index (χ1n) is 4.67. The van der Waals surface area contributed by atoms with Gasteiger partial charge in [-0.3, -0.25) is 0 Å². The van der Waals surface area contributed by atoms with E-state index in [2.05, 4.69) is 30.3 Å². The molecule has 0 saturated heterocycles. The summed E-state index contributed by atoms with van der Waals surface area (Å²) < 4.78 is 0. The molecule has 2 N–H and O–H groups in total. The normalized spacial score (nSPS) is 29.1. The maximum atomic E-state index is 5.86. The highest BCUT2D eigenvalue weighted by molar-refractivity contribution is 5.20. The molecule has 1 aromatic carbocycles. The monoisotopic (exact) mass is 161 g/mol. The van der Waals surface area contributed by atoms with Gasteiger partial charge in [0.1, 0.15) is 0 Å². The van der Waals surface area contributed by atoms with Gasteiger partial charge in [-0.2, -0.15) is 0 Å². The van der Waals surface area contributed by atoms with Crippen LogP contribution in [0.15, 0.2) is 30.3 Å². The van der Waals surface area contributed by atoms with E-state index in [0.717, 1.165) is 5.92 Å². The standard InChI is InChI=1S/C11H15N/c12-11-7-6-10(8-11)9-4-2-1-3-5-9/h1-5,10-11H,6-8,12H2/t10?,11-/m1/s1. The summed E-state index contributed by atoms with van der Waals surface area (Å²) in [6.07, 6.45) is 3.63. The SMILES string of the molecule is N[C@@H]1CCC(c2ccccc2)C1. The highest BCUT2D eigenvalue weighted by atomic mass is 14.6. The molecule has 1 nitrogen and oxygen atoms in total. The van der Waals surface area contributed by atoms with Crippen LogP contribution in [0.2, 0.25) is 0 Å². The van der Waals surface area contributed by atoms with Crippen molar-refractivity contribution in [1.82, 2.24) is 0 Å². The lowest BCUT2D eigenvalue weighted by atomic mass is 9.98. The van der Waals surface area contributed by atoms with Crippen LogP contribution in [0.25, 0.3) is 0 Å². The van der Waals surface area contributed by atoms with E-state index in [1.54, 1.807) is 0 Å². The summed E-state index contributed by atoms with van der Waals surface area (Å²) in [7, 11) is 0. The summed E-state index contributed by atoms with van der Waals surface area (Å²) in [5.41, 5.74) is 7.33. The molecule has 0 radical (unpaired) electrons. The van der Waals surface area contributed by atoms with Crippen LogP contribution in [-0.2, 0) is 0 Å². The summed E-state index contributed by atoms with van der Waals surface area (Å²) in [5.74, 6) is 0.723. The molecule has 1 unspecified atom stereocenters. The van der Waals surface area contributed by atoms with Crippen LogP contribution in [0, 0.1) is 0 Å². The van der Waals surface area contributed by atoms with Gasteiger partial charge in [-0.15, -0.1) is 0 Å². The van der Waals surface area contributed by atoms with Crippen molar-refractivity contribution in [2.75, 3.05) is 0 Å². The molecule has 1 fully saturated rings. The first-order chi connectivity index (χ1) is 5.86. The van der Waals surface area contributed by atoms with Gasteiger partial charge in [0.05, 0.1) is 0 Å². The minimum Gasteiger partial charge on any atom is -0.328 e. The lowest BCUT2D eigenvalue weighted by Crippen LogP contribution is -2.14. The second-order valence-electron chi connectivity index (χ2n) is 3.68. The topological polar surface area (TPSA) is 26.0 Å². The molecule has 0 spiro atoms. The molecule has 0 bridgehead atoms. The number of hydrogen-bond acceptors (Lipinski definition) is 1. The molecule has 0 heterocycles.